The molecular weight excluding hydrogens is 289 g/mol. The second-order valence-electron chi connectivity index (χ2n) is 4.23. The maximum atomic E-state index is 13.1. The molecule has 0 spiro atoms. The van der Waals surface area contributed by atoms with Crippen LogP contribution in [0.3, 0.4) is 0 Å². The van der Waals surface area contributed by atoms with Crippen LogP contribution in [0, 0.1) is 17.7 Å². The Morgan fingerprint density at radius 2 is 2.24 bits per heavy atom. The minimum absolute atomic E-state index is 0.0305. The summed E-state index contributed by atoms with van der Waals surface area (Å²) in [6, 6.07) is 7.44. The Balaban J connectivity index is 1.99. The summed E-state index contributed by atoms with van der Waals surface area (Å²) in [5.41, 5.74) is 1.13. The third-order valence-corrected chi connectivity index (χ3v) is 3.62. The predicted molar refractivity (Wildman–Crippen MR) is 80.5 cm³/mol. The Morgan fingerprint density at radius 3 is 3.00 bits per heavy atom. The van der Waals surface area contributed by atoms with Crippen LogP contribution in [0.5, 0.6) is 0 Å². The molecule has 0 fully saturated rings. The first kappa shape index (κ1) is 15.2. The van der Waals surface area contributed by atoms with Gasteiger partial charge in [-0.25, -0.2) is 4.39 Å². The molecule has 0 saturated heterocycles. The number of hydrogen-bond donors (Lipinski definition) is 2. The van der Waals surface area contributed by atoms with E-state index in [-0.39, 0.29) is 12.5 Å². The monoisotopic (exact) mass is 303 g/mol. The standard InChI is InChI=1S/C16H14FNO2S/c17-14-6-3-5-13(10-14)16(20)18-11-15-12(7-9-21-15)4-1-2-8-19/h3,5-7,9-10,19H,2,8,11H2,(H,18,20). The number of aliphatic hydroxyl groups is 1. The molecule has 2 rings (SSSR count). The molecule has 0 radical (unpaired) electrons. The average molecular weight is 303 g/mol. The maximum absolute atomic E-state index is 13.1. The molecule has 0 saturated carbocycles. The SMILES string of the molecule is O=C(NCc1sccc1C#CCCO)c1cccc(F)c1. The van der Waals surface area contributed by atoms with Crippen molar-refractivity contribution in [1.82, 2.24) is 5.32 Å². The van der Waals surface area contributed by atoms with Crippen LogP contribution in [0.2, 0.25) is 0 Å². The lowest BCUT2D eigenvalue weighted by molar-refractivity contribution is 0.0951. The first-order valence-corrected chi connectivity index (χ1v) is 7.28. The van der Waals surface area contributed by atoms with Crippen molar-refractivity contribution in [1.29, 1.82) is 0 Å². The van der Waals surface area contributed by atoms with Crippen LogP contribution in [0.15, 0.2) is 35.7 Å². The predicted octanol–water partition coefficient (Wildman–Crippen LogP) is 2.55. The number of rotatable bonds is 4. The van der Waals surface area contributed by atoms with Crippen LogP contribution in [-0.2, 0) is 6.54 Å². The summed E-state index contributed by atoms with van der Waals surface area (Å²) >= 11 is 1.49. The van der Waals surface area contributed by atoms with Crippen molar-refractivity contribution in [3.63, 3.8) is 0 Å². The fourth-order valence-corrected chi connectivity index (χ4v) is 2.46. The van der Waals surface area contributed by atoms with Gasteiger partial charge in [0.2, 0.25) is 0 Å². The summed E-state index contributed by atoms with van der Waals surface area (Å²) < 4.78 is 13.1. The van der Waals surface area contributed by atoms with E-state index in [4.69, 9.17) is 5.11 Å². The molecular formula is C16H14FNO2S. The minimum atomic E-state index is -0.436. The van der Waals surface area contributed by atoms with Gasteiger partial charge < -0.3 is 10.4 Å². The second kappa shape index (κ2) is 7.58. The maximum Gasteiger partial charge on any atom is 0.251 e. The molecule has 21 heavy (non-hydrogen) atoms. The molecule has 0 aliphatic rings. The summed E-state index contributed by atoms with van der Waals surface area (Å²) in [5.74, 6) is 5.05. The van der Waals surface area contributed by atoms with Crippen molar-refractivity contribution in [3.05, 3.63) is 57.5 Å². The van der Waals surface area contributed by atoms with Gasteiger partial charge in [-0.2, -0.15) is 0 Å². The van der Waals surface area contributed by atoms with Gasteiger partial charge in [0.25, 0.3) is 5.91 Å². The first-order valence-electron chi connectivity index (χ1n) is 6.40. The van der Waals surface area contributed by atoms with E-state index < -0.39 is 5.82 Å². The van der Waals surface area contributed by atoms with Crippen molar-refractivity contribution < 1.29 is 14.3 Å². The number of aliphatic hydroxyl groups excluding tert-OH is 1. The van der Waals surface area contributed by atoms with Crippen LogP contribution in [0.25, 0.3) is 0 Å². The van der Waals surface area contributed by atoms with Crippen LogP contribution >= 0.6 is 11.3 Å². The highest BCUT2D eigenvalue weighted by atomic mass is 32.1. The van der Waals surface area contributed by atoms with E-state index in [1.54, 1.807) is 6.07 Å². The highest BCUT2D eigenvalue weighted by molar-refractivity contribution is 7.10. The number of halogens is 1. The molecule has 0 unspecified atom stereocenters. The Kier molecular flexibility index (Phi) is 5.50. The molecule has 1 amide bonds. The van der Waals surface area contributed by atoms with Gasteiger partial charge in [0, 0.05) is 22.4 Å². The number of amides is 1. The van der Waals surface area contributed by atoms with Gasteiger partial charge in [-0.15, -0.1) is 11.3 Å². The Labute approximate surface area is 126 Å². The molecule has 1 aromatic carbocycles. The van der Waals surface area contributed by atoms with Gasteiger partial charge in [-0.05, 0) is 29.6 Å². The topological polar surface area (TPSA) is 49.3 Å². The van der Waals surface area contributed by atoms with Crippen LogP contribution < -0.4 is 5.32 Å². The van der Waals surface area contributed by atoms with Crippen molar-refractivity contribution in [2.75, 3.05) is 6.61 Å². The van der Waals surface area contributed by atoms with E-state index in [0.29, 0.717) is 18.5 Å². The van der Waals surface area contributed by atoms with Gasteiger partial charge >= 0.3 is 0 Å². The van der Waals surface area contributed by atoms with Crippen LogP contribution in [0.4, 0.5) is 4.39 Å². The van der Waals surface area contributed by atoms with E-state index in [0.717, 1.165) is 10.4 Å². The van der Waals surface area contributed by atoms with Gasteiger partial charge in [-0.3, -0.25) is 4.79 Å². The lowest BCUT2D eigenvalue weighted by Gasteiger charge is -2.04. The zero-order valence-corrected chi connectivity index (χ0v) is 12.0. The lowest BCUT2D eigenvalue weighted by atomic mass is 10.2. The van der Waals surface area contributed by atoms with Gasteiger partial charge in [0.15, 0.2) is 0 Å². The molecule has 0 aliphatic carbocycles. The molecule has 0 atom stereocenters. The number of nitrogens with one attached hydrogen (secondary N) is 1. The van der Waals surface area contributed by atoms with Gasteiger partial charge in [0.05, 0.1) is 13.2 Å². The fourth-order valence-electron chi connectivity index (χ4n) is 1.69. The largest absolute Gasteiger partial charge is 0.395 e. The van der Waals surface area contributed by atoms with E-state index in [1.165, 1.54) is 29.5 Å². The second-order valence-corrected chi connectivity index (χ2v) is 5.23. The third-order valence-electron chi connectivity index (χ3n) is 2.70. The molecule has 2 N–H and O–H groups in total. The Bertz CT molecular complexity index is 685. The average Bonchev–Trinajstić information content (AvgIpc) is 2.92. The highest BCUT2D eigenvalue weighted by Crippen LogP contribution is 2.15. The fraction of sp³-hybridized carbons (Fsp3) is 0.188. The normalized spacial score (nSPS) is 9.81. The van der Waals surface area contributed by atoms with Gasteiger partial charge in [0.1, 0.15) is 5.82 Å². The molecule has 3 nitrogen and oxygen atoms in total. The number of hydrogen-bond acceptors (Lipinski definition) is 3. The van der Waals surface area contributed by atoms with Crippen molar-refractivity contribution in [3.8, 4) is 11.8 Å². The quantitative estimate of drug-likeness (QED) is 0.853. The molecule has 5 heteroatoms. The number of benzene rings is 1. The van der Waals surface area contributed by atoms with E-state index in [2.05, 4.69) is 17.2 Å². The molecule has 0 bridgehead atoms. The van der Waals surface area contributed by atoms with Crippen molar-refractivity contribution in [2.24, 2.45) is 0 Å². The first-order chi connectivity index (χ1) is 10.2. The van der Waals surface area contributed by atoms with Crippen molar-refractivity contribution >= 4 is 17.2 Å². The summed E-state index contributed by atoms with van der Waals surface area (Å²) in [5, 5.41) is 13.3. The zero-order chi connectivity index (χ0) is 15.1. The third kappa shape index (κ3) is 4.42. The molecule has 2 aromatic rings. The summed E-state index contributed by atoms with van der Waals surface area (Å²) in [6.45, 7) is 0.374. The number of carbonyl (C=O) groups is 1. The molecule has 1 aromatic heterocycles. The molecule has 1 heterocycles. The van der Waals surface area contributed by atoms with E-state index >= 15 is 0 Å². The highest BCUT2D eigenvalue weighted by Gasteiger charge is 2.08. The molecule has 108 valence electrons. The summed E-state index contributed by atoms with van der Waals surface area (Å²) in [4.78, 5) is 12.9. The molecule has 0 aliphatic heterocycles. The minimum Gasteiger partial charge on any atom is -0.395 e. The number of thiophene rings is 1. The van der Waals surface area contributed by atoms with E-state index in [9.17, 15) is 9.18 Å². The lowest BCUT2D eigenvalue weighted by Crippen LogP contribution is -2.22. The van der Waals surface area contributed by atoms with Crippen LogP contribution in [-0.4, -0.2) is 17.6 Å². The Hall–Kier alpha value is -2.16. The van der Waals surface area contributed by atoms with E-state index in [1.807, 2.05) is 11.4 Å². The van der Waals surface area contributed by atoms with Gasteiger partial charge in [-0.1, -0.05) is 17.9 Å². The van der Waals surface area contributed by atoms with Crippen molar-refractivity contribution in [2.45, 2.75) is 13.0 Å². The Morgan fingerprint density at radius 1 is 1.38 bits per heavy atom. The summed E-state index contributed by atoms with van der Waals surface area (Å²) in [7, 11) is 0. The zero-order valence-electron chi connectivity index (χ0n) is 11.2. The number of carbonyl (C=O) groups excluding carboxylic acids is 1. The summed E-state index contributed by atoms with van der Waals surface area (Å²) in [6.07, 6.45) is 0.422. The van der Waals surface area contributed by atoms with Crippen LogP contribution in [0.1, 0.15) is 27.2 Å². The smallest absolute Gasteiger partial charge is 0.251 e.